The van der Waals surface area contributed by atoms with Crippen LogP contribution in [0.2, 0.25) is 0 Å². The van der Waals surface area contributed by atoms with Gasteiger partial charge in [0.05, 0.1) is 0 Å². The number of carbonyl (C=O) groups excluding carboxylic acids is 1. The lowest BCUT2D eigenvalue weighted by Gasteiger charge is -2.18. The van der Waals surface area contributed by atoms with E-state index in [-0.39, 0.29) is 11.9 Å². The van der Waals surface area contributed by atoms with Gasteiger partial charge in [0.15, 0.2) is 0 Å². The molecule has 0 saturated heterocycles. The first-order valence-corrected chi connectivity index (χ1v) is 10.1. The van der Waals surface area contributed by atoms with Gasteiger partial charge in [-0.25, -0.2) is 4.79 Å². The Bertz CT molecular complexity index is 901. The number of pyridine rings is 1. The Morgan fingerprint density at radius 1 is 1.14 bits per heavy atom. The van der Waals surface area contributed by atoms with Crippen LogP contribution in [0.4, 0.5) is 4.79 Å². The molecule has 1 atom stereocenters. The van der Waals surface area contributed by atoms with Crippen LogP contribution in [0.3, 0.4) is 0 Å². The Balaban J connectivity index is 1.84. The first-order chi connectivity index (χ1) is 13.6. The van der Waals surface area contributed by atoms with Crippen molar-refractivity contribution in [3.8, 4) is 0 Å². The molecule has 0 aliphatic heterocycles. The quantitative estimate of drug-likeness (QED) is 0.605. The average Bonchev–Trinajstić information content (AvgIpc) is 3.07. The van der Waals surface area contributed by atoms with Gasteiger partial charge in [-0.3, -0.25) is 4.98 Å². The van der Waals surface area contributed by atoms with Crippen molar-refractivity contribution in [3.63, 3.8) is 0 Å². The van der Waals surface area contributed by atoms with Gasteiger partial charge >= 0.3 is 6.03 Å². The molecular weight excluding hydrogens is 348 g/mol. The highest BCUT2D eigenvalue weighted by Gasteiger charge is 2.20. The molecule has 0 radical (unpaired) electrons. The number of benzene rings is 1. The fourth-order valence-corrected chi connectivity index (χ4v) is 3.54. The minimum absolute atomic E-state index is 0.0437. The van der Waals surface area contributed by atoms with Crippen molar-refractivity contribution in [2.45, 2.75) is 39.7 Å². The Labute approximate surface area is 167 Å². The molecule has 5 nitrogen and oxygen atoms in total. The van der Waals surface area contributed by atoms with Crippen molar-refractivity contribution >= 4 is 16.9 Å². The third-order valence-electron chi connectivity index (χ3n) is 5.10. The first-order valence-electron chi connectivity index (χ1n) is 10.1. The van der Waals surface area contributed by atoms with Crippen molar-refractivity contribution in [2.75, 3.05) is 13.1 Å². The molecule has 0 bridgehead atoms. The number of carbonyl (C=O) groups is 1. The van der Waals surface area contributed by atoms with E-state index in [9.17, 15) is 4.79 Å². The molecule has 148 valence electrons. The lowest BCUT2D eigenvalue weighted by molar-refractivity contribution is 0.240. The zero-order valence-corrected chi connectivity index (χ0v) is 17.0. The lowest BCUT2D eigenvalue weighted by Crippen LogP contribution is -2.38. The molecule has 0 aliphatic carbocycles. The van der Waals surface area contributed by atoms with Crippen molar-refractivity contribution in [1.29, 1.82) is 0 Å². The van der Waals surface area contributed by atoms with Gasteiger partial charge < -0.3 is 15.2 Å². The largest absolute Gasteiger partial charge is 0.347 e. The molecule has 0 saturated carbocycles. The Hall–Kier alpha value is -2.82. The van der Waals surface area contributed by atoms with Crippen LogP contribution >= 0.6 is 0 Å². The van der Waals surface area contributed by atoms with Crippen molar-refractivity contribution in [3.05, 3.63) is 66.1 Å². The highest BCUT2D eigenvalue weighted by atomic mass is 16.2. The van der Waals surface area contributed by atoms with Crippen LogP contribution < -0.4 is 10.6 Å². The van der Waals surface area contributed by atoms with E-state index < -0.39 is 0 Å². The van der Waals surface area contributed by atoms with Crippen LogP contribution in [0.15, 0.2) is 55.0 Å². The molecule has 2 N–H and O–H groups in total. The number of fused-ring (bicyclic) bond motifs is 1. The van der Waals surface area contributed by atoms with Gasteiger partial charge in [-0.2, -0.15) is 0 Å². The van der Waals surface area contributed by atoms with Gasteiger partial charge in [-0.1, -0.05) is 38.1 Å². The summed E-state index contributed by atoms with van der Waals surface area (Å²) in [5.41, 5.74) is 3.53. The molecular formula is C23H30N4O. The summed E-state index contributed by atoms with van der Waals surface area (Å²) in [7, 11) is 0. The maximum absolute atomic E-state index is 12.3. The van der Waals surface area contributed by atoms with Gasteiger partial charge in [0.2, 0.25) is 0 Å². The Morgan fingerprint density at radius 2 is 1.96 bits per heavy atom. The zero-order valence-electron chi connectivity index (χ0n) is 17.0. The number of rotatable bonds is 8. The predicted molar refractivity (Wildman–Crippen MR) is 115 cm³/mol. The number of aromatic nitrogens is 2. The maximum atomic E-state index is 12.3. The molecule has 2 amide bonds. The molecule has 0 aliphatic rings. The summed E-state index contributed by atoms with van der Waals surface area (Å²) in [5.74, 6) is 0.617. The second-order valence-electron chi connectivity index (χ2n) is 7.55. The van der Waals surface area contributed by atoms with E-state index in [2.05, 4.69) is 77.5 Å². The molecule has 2 heterocycles. The maximum Gasteiger partial charge on any atom is 0.314 e. The summed E-state index contributed by atoms with van der Waals surface area (Å²) < 4.78 is 2.26. The lowest BCUT2D eigenvalue weighted by atomic mass is 9.92. The third kappa shape index (κ3) is 4.71. The molecule has 1 unspecified atom stereocenters. The van der Waals surface area contributed by atoms with Crippen molar-refractivity contribution in [1.82, 2.24) is 20.2 Å². The minimum Gasteiger partial charge on any atom is -0.347 e. The summed E-state index contributed by atoms with van der Waals surface area (Å²) in [6.07, 6.45) is 6.85. The summed E-state index contributed by atoms with van der Waals surface area (Å²) in [6, 6.07) is 12.3. The van der Waals surface area contributed by atoms with E-state index in [4.69, 9.17) is 0 Å². The van der Waals surface area contributed by atoms with Crippen molar-refractivity contribution in [2.24, 2.45) is 5.92 Å². The van der Waals surface area contributed by atoms with Gasteiger partial charge in [0.1, 0.15) is 0 Å². The standard InChI is InChI=1S/C23H30N4O/c1-4-27-16-21(19-9-5-6-10-22(19)27)20(18-8-7-12-24-14-18)15-26-23(28)25-13-11-17(2)3/h5-10,12,14,16-17,20H,4,11,13,15H2,1-3H3,(H2,25,26,28). The average molecular weight is 379 g/mol. The fourth-order valence-electron chi connectivity index (χ4n) is 3.54. The Morgan fingerprint density at radius 3 is 2.68 bits per heavy atom. The number of nitrogens with zero attached hydrogens (tertiary/aromatic N) is 2. The summed E-state index contributed by atoms with van der Waals surface area (Å²) in [6.45, 7) is 8.58. The second-order valence-corrected chi connectivity index (χ2v) is 7.55. The molecule has 28 heavy (non-hydrogen) atoms. The van der Waals surface area contributed by atoms with Crippen LogP contribution in [0, 0.1) is 5.92 Å². The number of amides is 2. The zero-order chi connectivity index (χ0) is 19.9. The number of para-hydroxylation sites is 1. The van der Waals surface area contributed by atoms with Crippen LogP contribution in [0.5, 0.6) is 0 Å². The van der Waals surface area contributed by atoms with E-state index in [1.54, 1.807) is 6.20 Å². The normalized spacial score (nSPS) is 12.3. The summed E-state index contributed by atoms with van der Waals surface area (Å²) in [5, 5.41) is 7.24. The van der Waals surface area contributed by atoms with E-state index in [0.717, 1.165) is 18.5 Å². The van der Waals surface area contributed by atoms with E-state index in [1.165, 1.54) is 16.5 Å². The van der Waals surface area contributed by atoms with Crippen LogP contribution in [-0.2, 0) is 6.54 Å². The molecule has 3 rings (SSSR count). The smallest absolute Gasteiger partial charge is 0.314 e. The minimum atomic E-state index is -0.117. The monoisotopic (exact) mass is 378 g/mol. The summed E-state index contributed by atoms with van der Waals surface area (Å²) in [4.78, 5) is 16.6. The molecule has 2 aromatic heterocycles. The molecule has 3 aromatic rings. The van der Waals surface area contributed by atoms with Gasteiger partial charge in [-0.05, 0) is 42.5 Å². The highest BCUT2D eigenvalue weighted by Crippen LogP contribution is 2.31. The van der Waals surface area contributed by atoms with E-state index >= 15 is 0 Å². The number of hydrogen-bond acceptors (Lipinski definition) is 2. The topological polar surface area (TPSA) is 59.0 Å². The number of urea groups is 1. The number of aryl methyl sites for hydroxylation is 1. The van der Waals surface area contributed by atoms with Crippen molar-refractivity contribution < 1.29 is 4.79 Å². The van der Waals surface area contributed by atoms with Crippen LogP contribution in [0.25, 0.3) is 10.9 Å². The first kappa shape index (κ1) is 19.9. The van der Waals surface area contributed by atoms with Gasteiger partial charge in [0, 0.05) is 55.0 Å². The number of hydrogen-bond donors (Lipinski definition) is 2. The SMILES string of the molecule is CCn1cc(C(CNC(=O)NCCC(C)C)c2cccnc2)c2ccccc21. The van der Waals surface area contributed by atoms with E-state index in [0.29, 0.717) is 19.0 Å². The molecule has 0 spiro atoms. The highest BCUT2D eigenvalue weighted by molar-refractivity contribution is 5.85. The molecule has 5 heteroatoms. The van der Waals surface area contributed by atoms with E-state index in [1.807, 2.05) is 12.3 Å². The second kappa shape index (κ2) is 9.40. The third-order valence-corrected chi connectivity index (χ3v) is 5.10. The molecule has 0 fully saturated rings. The number of nitrogens with one attached hydrogen (secondary N) is 2. The molecule has 1 aromatic carbocycles. The van der Waals surface area contributed by atoms with Crippen LogP contribution in [0.1, 0.15) is 44.2 Å². The predicted octanol–water partition coefficient (Wildman–Crippen LogP) is 4.53. The van der Waals surface area contributed by atoms with Crippen LogP contribution in [-0.4, -0.2) is 28.7 Å². The van der Waals surface area contributed by atoms with Gasteiger partial charge in [0.25, 0.3) is 0 Å². The summed E-state index contributed by atoms with van der Waals surface area (Å²) >= 11 is 0. The Kier molecular flexibility index (Phi) is 6.69. The van der Waals surface area contributed by atoms with Gasteiger partial charge in [-0.15, -0.1) is 0 Å². The fraction of sp³-hybridized carbons (Fsp3) is 0.391.